The minimum absolute atomic E-state index is 0.0313. The maximum Gasteiger partial charge on any atom is 0.253 e. The molecule has 1 aliphatic rings. The van der Waals surface area contributed by atoms with Crippen LogP contribution in [0.25, 0.3) is 10.4 Å². The molecule has 2 heterocycles. The molecule has 4 nitrogen and oxygen atoms in total. The molecular formula is C24H23FN2O2S. The summed E-state index contributed by atoms with van der Waals surface area (Å²) >= 11 is 1.68. The Hall–Kier alpha value is -2.99. The number of nitrogens with zero attached hydrogens (tertiary/aromatic N) is 1. The van der Waals surface area contributed by atoms with E-state index in [1.54, 1.807) is 23.5 Å². The monoisotopic (exact) mass is 422 g/mol. The highest BCUT2D eigenvalue weighted by Crippen LogP contribution is 2.25. The molecule has 3 aromatic rings. The molecule has 2 aromatic carbocycles. The van der Waals surface area contributed by atoms with Gasteiger partial charge in [-0.1, -0.05) is 30.3 Å². The summed E-state index contributed by atoms with van der Waals surface area (Å²) in [7, 11) is 0. The third-order valence-electron chi connectivity index (χ3n) is 5.36. The first-order valence-electron chi connectivity index (χ1n) is 10.1. The summed E-state index contributed by atoms with van der Waals surface area (Å²) in [6.45, 7) is 1.24. The summed E-state index contributed by atoms with van der Waals surface area (Å²) in [6, 6.07) is 17.9. The van der Waals surface area contributed by atoms with E-state index in [2.05, 4.69) is 11.4 Å². The number of likely N-dealkylation sites (tertiary alicyclic amines) is 1. The third kappa shape index (κ3) is 4.94. The zero-order valence-electron chi connectivity index (χ0n) is 16.5. The summed E-state index contributed by atoms with van der Waals surface area (Å²) in [5.74, 6) is -0.350. The quantitative estimate of drug-likeness (QED) is 0.657. The molecule has 1 aromatic heterocycles. The minimum atomic E-state index is -0.308. The molecule has 0 unspecified atom stereocenters. The van der Waals surface area contributed by atoms with Crippen molar-refractivity contribution in [2.45, 2.75) is 25.3 Å². The van der Waals surface area contributed by atoms with Gasteiger partial charge in [-0.2, -0.15) is 0 Å². The van der Waals surface area contributed by atoms with Crippen molar-refractivity contribution in [1.29, 1.82) is 0 Å². The maximum absolute atomic E-state index is 13.0. The van der Waals surface area contributed by atoms with E-state index in [0.717, 1.165) is 24.0 Å². The molecule has 154 valence electrons. The van der Waals surface area contributed by atoms with Gasteiger partial charge in [0, 0.05) is 29.6 Å². The van der Waals surface area contributed by atoms with Crippen LogP contribution < -0.4 is 5.32 Å². The molecule has 1 fully saturated rings. The van der Waals surface area contributed by atoms with Crippen molar-refractivity contribution >= 4 is 23.2 Å². The molecule has 0 atom stereocenters. The Morgan fingerprint density at radius 2 is 1.70 bits per heavy atom. The van der Waals surface area contributed by atoms with E-state index >= 15 is 0 Å². The van der Waals surface area contributed by atoms with Crippen LogP contribution in [0, 0.1) is 5.82 Å². The van der Waals surface area contributed by atoms with Crippen LogP contribution in [0.1, 0.15) is 28.8 Å². The van der Waals surface area contributed by atoms with Gasteiger partial charge in [0.05, 0.1) is 6.42 Å². The van der Waals surface area contributed by atoms with Gasteiger partial charge in [0.25, 0.3) is 5.91 Å². The number of piperidine rings is 1. The van der Waals surface area contributed by atoms with Crippen LogP contribution in [-0.4, -0.2) is 35.8 Å². The molecule has 0 aliphatic carbocycles. The second kappa shape index (κ2) is 9.22. The number of hydrogen-bond donors (Lipinski definition) is 1. The predicted molar refractivity (Wildman–Crippen MR) is 117 cm³/mol. The zero-order chi connectivity index (χ0) is 20.9. The van der Waals surface area contributed by atoms with Gasteiger partial charge in [-0.15, -0.1) is 11.3 Å². The van der Waals surface area contributed by atoms with Crippen LogP contribution in [0.4, 0.5) is 4.39 Å². The Balaban J connectivity index is 1.27. The third-order valence-corrected chi connectivity index (χ3v) is 6.28. The average Bonchev–Trinajstić information content (AvgIpc) is 3.30. The number of carbonyl (C=O) groups excluding carboxylic acids is 2. The molecule has 4 rings (SSSR count). The maximum atomic E-state index is 13.0. The second-order valence-corrected chi connectivity index (χ2v) is 8.44. The second-order valence-electron chi connectivity index (χ2n) is 7.49. The fourth-order valence-electron chi connectivity index (χ4n) is 3.70. The fraction of sp³-hybridized carbons (Fsp3) is 0.250. The van der Waals surface area contributed by atoms with Gasteiger partial charge in [0.2, 0.25) is 5.91 Å². The van der Waals surface area contributed by atoms with Crippen molar-refractivity contribution in [3.05, 3.63) is 83.0 Å². The van der Waals surface area contributed by atoms with E-state index in [1.165, 1.54) is 17.0 Å². The molecule has 0 radical (unpaired) electrons. The smallest absolute Gasteiger partial charge is 0.253 e. The predicted octanol–water partition coefficient (Wildman–Crippen LogP) is 4.52. The average molecular weight is 423 g/mol. The fourth-order valence-corrected chi connectivity index (χ4v) is 4.43. The van der Waals surface area contributed by atoms with Gasteiger partial charge in [0.1, 0.15) is 5.82 Å². The Morgan fingerprint density at radius 3 is 2.33 bits per heavy atom. The molecule has 0 saturated carbocycles. The van der Waals surface area contributed by atoms with Crippen LogP contribution in [-0.2, 0) is 11.2 Å². The van der Waals surface area contributed by atoms with E-state index in [9.17, 15) is 14.0 Å². The van der Waals surface area contributed by atoms with Crippen LogP contribution in [0.5, 0.6) is 0 Å². The van der Waals surface area contributed by atoms with Crippen molar-refractivity contribution < 1.29 is 14.0 Å². The molecular weight excluding hydrogens is 399 g/mol. The normalized spacial score (nSPS) is 14.5. The topological polar surface area (TPSA) is 49.4 Å². The van der Waals surface area contributed by atoms with E-state index in [-0.39, 0.29) is 30.1 Å². The lowest BCUT2D eigenvalue weighted by atomic mass is 10.0. The molecule has 6 heteroatoms. The number of benzene rings is 2. The molecule has 30 heavy (non-hydrogen) atoms. The Labute approximate surface area is 179 Å². The van der Waals surface area contributed by atoms with Crippen molar-refractivity contribution in [3.63, 3.8) is 0 Å². The summed E-state index contributed by atoms with van der Waals surface area (Å²) in [5.41, 5.74) is 2.59. The number of hydrogen-bond acceptors (Lipinski definition) is 3. The highest BCUT2D eigenvalue weighted by atomic mass is 32.1. The standard InChI is InChI=1S/C24H23FN2O2S/c25-20-9-3-17(4-10-20)16-23(28)26-21-11-13-27(14-12-21)24(29)19-7-5-18(6-8-19)22-2-1-15-30-22/h1-10,15,21H,11-14,16H2,(H,26,28). The number of amides is 2. The molecule has 0 bridgehead atoms. The highest BCUT2D eigenvalue weighted by molar-refractivity contribution is 7.13. The molecule has 1 aliphatic heterocycles. The van der Waals surface area contributed by atoms with Crippen LogP contribution >= 0.6 is 11.3 Å². The summed E-state index contributed by atoms with van der Waals surface area (Å²) < 4.78 is 13.0. The molecule has 1 saturated heterocycles. The van der Waals surface area contributed by atoms with Gasteiger partial charge in [-0.25, -0.2) is 4.39 Å². The zero-order valence-corrected chi connectivity index (χ0v) is 17.3. The lowest BCUT2D eigenvalue weighted by molar-refractivity contribution is -0.121. The van der Waals surface area contributed by atoms with E-state index in [1.807, 2.05) is 40.6 Å². The summed E-state index contributed by atoms with van der Waals surface area (Å²) in [5, 5.41) is 5.07. The number of halogens is 1. The number of carbonyl (C=O) groups is 2. The SMILES string of the molecule is O=C(Cc1ccc(F)cc1)NC1CCN(C(=O)c2ccc(-c3cccs3)cc2)CC1. The van der Waals surface area contributed by atoms with E-state index in [4.69, 9.17) is 0 Å². The molecule has 0 spiro atoms. The molecule has 1 N–H and O–H groups in total. The summed E-state index contributed by atoms with van der Waals surface area (Å²) in [4.78, 5) is 28.1. The summed E-state index contributed by atoms with van der Waals surface area (Å²) in [6.07, 6.45) is 1.69. The van der Waals surface area contributed by atoms with Gasteiger partial charge in [-0.05, 0) is 59.7 Å². The lowest BCUT2D eigenvalue weighted by Crippen LogP contribution is -2.46. The number of rotatable bonds is 5. The Kier molecular flexibility index (Phi) is 6.23. The Morgan fingerprint density at radius 1 is 1.00 bits per heavy atom. The van der Waals surface area contributed by atoms with Crippen molar-refractivity contribution in [2.75, 3.05) is 13.1 Å². The van der Waals surface area contributed by atoms with Gasteiger partial charge in [0.15, 0.2) is 0 Å². The van der Waals surface area contributed by atoms with Crippen LogP contribution in [0.2, 0.25) is 0 Å². The van der Waals surface area contributed by atoms with Crippen LogP contribution in [0.3, 0.4) is 0 Å². The first-order valence-corrected chi connectivity index (χ1v) is 10.9. The van der Waals surface area contributed by atoms with Gasteiger partial charge in [-0.3, -0.25) is 9.59 Å². The number of thiophene rings is 1. The number of nitrogens with one attached hydrogen (secondary N) is 1. The van der Waals surface area contributed by atoms with Gasteiger partial charge >= 0.3 is 0 Å². The minimum Gasteiger partial charge on any atom is -0.353 e. The first kappa shape index (κ1) is 20.3. The van der Waals surface area contributed by atoms with Crippen molar-refractivity contribution in [1.82, 2.24) is 10.2 Å². The lowest BCUT2D eigenvalue weighted by Gasteiger charge is -2.32. The van der Waals surface area contributed by atoms with Crippen molar-refractivity contribution in [2.24, 2.45) is 0 Å². The van der Waals surface area contributed by atoms with E-state index in [0.29, 0.717) is 18.7 Å². The van der Waals surface area contributed by atoms with Crippen molar-refractivity contribution in [3.8, 4) is 10.4 Å². The molecule has 2 amide bonds. The first-order chi connectivity index (χ1) is 14.6. The van der Waals surface area contributed by atoms with E-state index < -0.39 is 0 Å². The largest absolute Gasteiger partial charge is 0.353 e. The van der Waals surface area contributed by atoms with Crippen LogP contribution in [0.15, 0.2) is 66.0 Å². The van der Waals surface area contributed by atoms with Gasteiger partial charge < -0.3 is 10.2 Å². The Bertz CT molecular complexity index is 993. The highest BCUT2D eigenvalue weighted by Gasteiger charge is 2.24.